The molecule has 6 nitrogen and oxygen atoms in total. The quantitative estimate of drug-likeness (QED) is 0.813. The first-order valence-electron chi connectivity index (χ1n) is 7.90. The van der Waals surface area contributed by atoms with Crippen molar-refractivity contribution in [2.75, 3.05) is 43.9 Å². The average molecular weight is 358 g/mol. The molecule has 1 atom stereocenters. The number of carbonyl (C=O) groups excluding carboxylic acids is 1. The van der Waals surface area contributed by atoms with Crippen LogP contribution in [0.4, 0.5) is 5.69 Å². The van der Waals surface area contributed by atoms with Crippen LogP contribution < -0.4 is 4.90 Å². The van der Waals surface area contributed by atoms with E-state index in [2.05, 4.69) is 0 Å². The van der Waals surface area contributed by atoms with Crippen molar-refractivity contribution >= 4 is 33.0 Å². The minimum Gasteiger partial charge on any atom is -0.309 e. The van der Waals surface area contributed by atoms with E-state index in [1.54, 1.807) is 15.6 Å². The van der Waals surface area contributed by atoms with E-state index < -0.39 is 10.0 Å². The summed E-state index contributed by atoms with van der Waals surface area (Å²) in [4.78, 5) is 16.2. The van der Waals surface area contributed by atoms with E-state index in [4.69, 9.17) is 0 Å². The first kappa shape index (κ1) is 16.9. The number of hydrogen-bond acceptors (Lipinski definition) is 5. The van der Waals surface area contributed by atoms with Gasteiger partial charge in [0.1, 0.15) is 0 Å². The molecule has 128 valence electrons. The molecule has 0 bridgehead atoms. The number of likely N-dealkylation sites (N-methyl/N-ethyl adjacent to an activating group) is 1. The van der Waals surface area contributed by atoms with Crippen LogP contribution in [0, 0.1) is 0 Å². The van der Waals surface area contributed by atoms with Crippen LogP contribution in [-0.2, 0) is 14.8 Å². The van der Waals surface area contributed by atoms with Gasteiger partial charge in [-0.1, -0.05) is 6.92 Å². The van der Waals surface area contributed by atoms with E-state index in [0.29, 0.717) is 32.6 Å². The Bertz CT molecular complexity index is 674. The van der Waals surface area contributed by atoms with Gasteiger partial charge in [0.05, 0.1) is 23.5 Å². The molecule has 0 saturated carbocycles. The molecule has 3 heterocycles. The fourth-order valence-electron chi connectivity index (χ4n) is 3.49. The van der Waals surface area contributed by atoms with Crippen molar-refractivity contribution in [2.45, 2.75) is 25.3 Å². The number of nitrogens with zero attached hydrogens (tertiary/aromatic N) is 3. The highest BCUT2D eigenvalue weighted by atomic mass is 32.2. The van der Waals surface area contributed by atoms with Crippen LogP contribution in [-0.4, -0.2) is 68.0 Å². The highest BCUT2D eigenvalue weighted by Crippen LogP contribution is 2.35. The molecule has 0 radical (unpaired) electrons. The van der Waals surface area contributed by atoms with Crippen molar-refractivity contribution in [3.05, 3.63) is 16.8 Å². The van der Waals surface area contributed by atoms with Crippen LogP contribution in [0.15, 0.2) is 16.8 Å². The summed E-state index contributed by atoms with van der Waals surface area (Å²) in [6, 6.07) is 1.95. The second-order valence-electron chi connectivity index (χ2n) is 6.44. The van der Waals surface area contributed by atoms with Crippen molar-refractivity contribution in [1.82, 2.24) is 9.21 Å². The maximum absolute atomic E-state index is 12.4. The number of piperazine rings is 1. The Labute approximate surface area is 141 Å². The Balaban J connectivity index is 1.83. The lowest BCUT2D eigenvalue weighted by molar-refractivity contribution is -0.123. The molecule has 1 spiro atoms. The van der Waals surface area contributed by atoms with Gasteiger partial charge in [0.25, 0.3) is 0 Å². The maximum Gasteiger partial charge on any atom is 0.241 e. The van der Waals surface area contributed by atoms with Gasteiger partial charge < -0.3 is 4.90 Å². The van der Waals surface area contributed by atoms with Crippen molar-refractivity contribution < 1.29 is 13.2 Å². The first-order valence-corrected chi connectivity index (χ1v) is 10.4. The molecule has 8 heteroatoms. The van der Waals surface area contributed by atoms with Crippen LogP contribution in [0.25, 0.3) is 0 Å². The summed E-state index contributed by atoms with van der Waals surface area (Å²) >= 11 is 1.56. The average Bonchev–Trinajstić information content (AvgIpc) is 3.14. The fraction of sp³-hybridized carbons (Fsp3) is 0.667. The van der Waals surface area contributed by atoms with Crippen LogP contribution in [0.5, 0.6) is 0 Å². The van der Waals surface area contributed by atoms with Crippen molar-refractivity contribution in [3.63, 3.8) is 0 Å². The number of sulfonamides is 1. The second kappa shape index (κ2) is 6.16. The lowest BCUT2D eigenvalue weighted by atomic mass is 9.93. The van der Waals surface area contributed by atoms with Gasteiger partial charge in [-0.25, -0.2) is 8.42 Å². The number of hydrogen-bond donors (Lipinski definition) is 0. The van der Waals surface area contributed by atoms with Gasteiger partial charge in [0, 0.05) is 25.0 Å². The smallest absolute Gasteiger partial charge is 0.241 e. The SMILES string of the molecule is CCCS(=O)(=O)N1CC[C@@]2(CN(c3ccsc3)C(=O)CN2C)C1. The molecule has 0 N–H and O–H groups in total. The Morgan fingerprint density at radius 2 is 2.13 bits per heavy atom. The minimum absolute atomic E-state index is 0.0754. The number of carbonyl (C=O) groups is 1. The number of thiophene rings is 1. The molecule has 1 aromatic heterocycles. The maximum atomic E-state index is 12.4. The summed E-state index contributed by atoms with van der Waals surface area (Å²) < 4.78 is 26.3. The normalized spacial score (nSPS) is 27.2. The predicted octanol–water partition coefficient (Wildman–Crippen LogP) is 1.21. The molecule has 3 rings (SSSR count). The van der Waals surface area contributed by atoms with Crippen molar-refractivity contribution in [3.8, 4) is 0 Å². The Morgan fingerprint density at radius 1 is 1.35 bits per heavy atom. The highest BCUT2D eigenvalue weighted by molar-refractivity contribution is 7.89. The molecule has 1 amide bonds. The van der Waals surface area contributed by atoms with E-state index in [0.717, 1.165) is 12.1 Å². The second-order valence-corrected chi connectivity index (χ2v) is 9.31. The minimum atomic E-state index is -3.19. The van der Waals surface area contributed by atoms with Gasteiger partial charge in [0.2, 0.25) is 15.9 Å². The van der Waals surface area contributed by atoms with Crippen molar-refractivity contribution in [2.24, 2.45) is 0 Å². The Kier molecular flexibility index (Phi) is 4.52. The zero-order valence-corrected chi connectivity index (χ0v) is 15.2. The zero-order valence-electron chi connectivity index (χ0n) is 13.6. The van der Waals surface area contributed by atoms with Gasteiger partial charge >= 0.3 is 0 Å². The van der Waals surface area contributed by atoms with Gasteiger partial charge in [-0.3, -0.25) is 9.69 Å². The number of anilines is 1. The Hall–Kier alpha value is -0.960. The largest absolute Gasteiger partial charge is 0.309 e. The van der Waals surface area contributed by atoms with E-state index in [9.17, 15) is 13.2 Å². The summed E-state index contributed by atoms with van der Waals surface area (Å²) in [5.74, 6) is 0.270. The summed E-state index contributed by atoms with van der Waals surface area (Å²) in [6.45, 7) is 3.78. The van der Waals surface area contributed by atoms with Gasteiger partial charge in [-0.2, -0.15) is 15.6 Å². The topological polar surface area (TPSA) is 60.9 Å². The van der Waals surface area contributed by atoms with Crippen LogP contribution in [0.3, 0.4) is 0 Å². The predicted molar refractivity (Wildman–Crippen MR) is 92.3 cm³/mol. The highest BCUT2D eigenvalue weighted by Gasteiger charge is 2.49. The van der Waals surface area contributed by atoms with Gasteiger partial charge in [0.15, 0.2) is 0 Å². The van der Waals surface area contributed by atoms with Crippen molar-refractivity contribution in [1.29, 1.82) is 0 Å². The molecule has 2 aliphatic rings. The van der Waals surface area contributed by atoms with Gasteiger partial charge in [-0.05, 0) is 31.3 Å². The van der Waals surface area contributed by atoms with E-state index in [1.807, 2.05) is 40.6 Å². The standard InChI is InChI=1S/C15H23N3O3S2/c1-3-8-23(20,21)17-6-5-15(11-17)12-18(13-4-7-22-10-13)14(19)9-16(15)2/h4,7,10H,3,5-6,8-9,11-12H2,1-2H3/t15-/m0/s1. The molecular formula is C15H23N3O3S2. The molecule has 2 aliphatic heterocycles. The zero-order chi connectivity index (χ0) is 16.7. The number of rotatable bonds is 4. The molecule has 2 fully saturated rings. The molecule has 2 saturated heterocycles. The fourth-order valence-corrected chi connectivity index (χ4v) is 5.71. The molecular weight excluding hydrogens is 334 g/mol. The third-order valence-corrected chi connectivity index (χ3v) is 7.60. The molecule has 0 aliphatic carbocycles. The summed E-state index contributed by atoms with van der Waals surface area (Å²) in [5.41, 5.74) is 0.638. The van der Waals surface area contributed by atoms with E-state index in [-0.39, 0.29) is 17.2 Å². The Morgan fingerprint density at radius 3 is 2.78 bits per heavy atom. The summed E-state index contributed by atoms with van der Waals surface area (Å²) in [7, 11) is -1.26. The van der Waals surface area contributed by atoms with Crippen LogP contribution in [0.2, 0.25) is 0 Å². The van der Waals surface area contributed by atoms with Gasteiger partial charge in [-0.15, -0.1) is 0 Å². The lowest BCUT2D eigenvalue weighted by Crippen LogP contribution is -2.64. The monoisotopic (exact) mass is 357 g/mol. The first-order chi connectivity index (χ1) is 10.9. The lowest BCUT2D eigenvalue weighted by Gasteiger charge is -2.46. The molecule has 23 heavy (non-hydrogen) atoms. The third-order valence-electron chi connectivity index (χ3n) is 4.91. The third kappa shape index (κ3) is 3.05. The summed E-state index contributed by atoms with van der Waals surface area (Å²) in [5, 5.41) is 3.93. The van der Waals surface area contributed by atoms with Crippen LogP contribution in [0.1, 0.15) is 19.8 Å². The summed E-state index contributed by atoms with van der Waals surface area (Å²) in [6.07, 6.45) is 1.39. The molecule has 0 unspecified atom stereocenters. The van der Waals surface area contributed by atoms with Crippen LogP contribution >= 0.6 is 11.3 Å². The number of amides is 1. The molecule has 0 aromatic carbocycles. The van der Waals surface area contributed by atoms with E-state index >= 15 is 0 Å². The molecule has 1 aromatic rings. The van der Waals surface area contributed by atoms with E-state index in [1.165, 1.54) is 0 Å².